The van der Waals surface area contributed by atoms with E-state index in [1.807, 2.05) is 6.07 Å². The smallest absolute Gasteiger partial charge is 0.115 e. The van der Waals surface area contributed by atoms with Gasteiger partial charge in [-0.25, -0.2) is 0 Å². The van der Waals surface area contributed by atoms with Gasteiger partial charge in [-0.05, 0) is 61.0 Å². The summed E-state index contributed by atoms with van der Waals surface area (Å²) < 4.78 is 0. The molecule has 0 aromatic heterocycles. The zero-order valence-corrected chi connectivity index (χ0v) is 18.1. The molecule has 0 spiro atoms. The molecular weight excluding hydrogens is 342 g/mol. The van der Waals surface area contributed by atoms with Gasteiger partial charge < -0.3 is 10.0 Å². The van der Waals surface area contributed by atoms with Crippen molar-refractivity contribution >= 4 is 6.08 Å². The second-order valence-corrected chi connectivity index (χ2v) is 9.53. The number of aliphatic hydroxyl groups is 1. The van der Waals surface area contributed by atoms with E-state index in [1.165, 1.54) is 5.56 Å². The third kappa shape index (κ3) is 4.39. The predicted octanol–water partition coefficient (Wildman–Crippen LogP) is 5.62. The van der Waals surface area contributed by atoms with E-state index >= 15 is 0 Å². The second-order valence-electron chi connectivity index (χ2n) is 9.53. The van der Waals surface area contributed by atoms with Crippen molar-refractivity contribution < 1.29 is 5.11 Å². The number of rotatable bonds is 4. The monoisotopic (exact) mass is 377 g/mol. The molecule has 0 heterocycles. The van der Waals surface area contributed by atoms with E-state index in [2.05, 4.69) is 94.4 Å². The molecule has 1 fully saturated rings. The maximum absolute atomic E-state index is 12.2. The molecule has 2 atom stereocenters. The highest BCUT2D eigenvalue weighted by Crippen LogP contribution is 2.46. The summed E-state index contributed by atoms with van der Waals surface area (Å²) in [6.45, 7) is 7.57. The molecule has 150 valence electrons. The van der Waals surface area contributed by atoms with Crippen LogP contribution in [0, 0.1) is 5.92 Å². The largest absolute Gasteiger partial charge is 0.380 e. The van der Waals surface area contributed by atoms with Gasteiger partial charge in [-0.3, -0.25) is 0 Å². The first-order valence-corrected chi connectivity index (χ1v) is 10.5. The Morgan fingerprint density at radius 3 is 2.25 bits per heavy atom. The molecule has 28 heavy (non-hydrogen) atoms. The molecule has 3 rings (SSSR count). The number of benzene rings is 2. The van der Waals surface area contributed by atoms with Gasteiger partial charge in [-0.15, -0.1) is 0 Å². The highest BCUT2D eigenvalue weighted by molar-refractivity contribution is 5.57. The summed E-state index contributed by atoms with van der Waals surface area (Å²) in [5, 5.41) is 12.2. The molecule has 2 unspecified atom stereocenters. The molecule has 2 nitrogen and oxygen atoms in total. The van der Waals surface area contributed by atoms with Crippen molar-refractivity contribution in [3.63, 3.8) is 0 Å². The predicted molar refractivity (Wildman–Crippen MR) is 119 cm³/mol. The molecule has 0 radical (unpaired) electrons. The zero-order chi connectivity index (χ0) is 20.4. The topological polar surface area (TPSA) is 23.5 Å². The van der Waals surface area contributed by atoms with Crippen molar-refractivity contribution in [2.24, 2.45) is 5.92 Å². The van der Waals surface area contributed by atoms with Crippen molar-refractivity contribution in [3.8, 4) is 0 Å². The Balaban J connectivity index is 2.07. The van der Waals surface area contributed by atoms with E-state index in [9.17, 15) is 5.11 Å². The Bertz CT molecular complexity index is 799. The van der Waals surface area contributed by atoms with Crippen LogP contribution in [0.15, 0.2) is 60.2 Å². The maximum Gasteiger partial charge on any atom is 0.115 e. The summed E-state index contributed by atoms with van der Waals surface area (Å²) in [5.41, 5.74) is 3.81. The lowest BCUT2D eigenvalue weighted by atomic mass is 9.67. The average Bonchev–Trinajstić information content (AvgIpc) is 2.65. The van der Waals surface area contributed by atoms with Gasteiger partial charge in [-0.2, -0.15) is 0 Å². The second kappa shape index (κ2) is 8.23. The standard InChI is InChI=1S/C26H35NO/c1-25(2,3)21-14-16-22(17-15-21)26(28)23(18-20-10-7-6-8-11-20)12-9-13-24(26)19-27(4)5/h6-8,10-11,14-18,24,28H,9,12-13,19H2,1-5H3/b23-18-. The minimum absolute atomic E-state index is 0.111. The molecule has 1 aliphatic rings. The highest BCUT2D eigenvalue weighted by atomic mass is 16.3. The Kier molecular flexibility index (Phi) is 6.12. The first-order valence-electron chi connectivity index (χ1n) is 10.5. The normalized spacial score (nSPS) is 24.7. The molecule has 0 saturated heterocycles. The van der Waals surface area contributed by atoms with E-state index in [-0.39, 0.29) is 11.3 Å². The van der Waals surface area contributed by atoms with Crippen LogP contribution in [0.3, 0.4) is 0 Å². The van der Waals surface area contributed by atoms with Crippen LogP contribution < -0.4 is 0 Å². The van der Waals surface area contributed by atoms with Gasteiger partial charge in [0.05, 0.1) is 0 Å². The van der Waals surface area contributed by atoms with Crippen LogP contribution in [0.5, 0.6) is 0 Å². The van der Waals surface area contributed by atoms with Gasteiger partial charge in [0.2, 0.25) is 0 Å². The fraction of sp³-hybridized carbons (Fsp3) is 0.462. The maximum atomic E-state index is 12.2. The Hall–Kier alpha value is -1.90. The molecule has 2 aromatic rings. The van der Waals surface area contributed by atoms with Crippen LogP contribution in [-0.4, -0.2) is 30.6 Å². The van der Waals surface area contributed by atoms with Gasteiger partial charge in [-0.1, -0.05) is 81.4 Å². The van der Waals surface area contributed by atoms with Crippen LogP contribution >= 0.6 is 0 Å². The van der Waals surface area contributed by atoms with Gasteiger partial charge in [0, 0.05) is 12.5 Å². The fourth-order valence-corrected chi connectivity index (χ4v) is 4.44. The molecule has 0 aliphatic heterocycles. The summed E-state index contributed by atoms with van der Waals surface area (Å²) in [6, 6.07) is 19.1. The summed E-state index contributed by atoms with van der Waals surface area (Å²) in [5.74, 6) is 0.187. The lowest BCUT2D eigenvalue weighted by Gasteiger charge is -2.44. The summed E-state index contributed by atoms with van der Waals surface area (Å²) in [4.78, 5) is 2.20. The highest BCUT2D eigenvalue weighted by Gasteiger charge is 2.44. The Morgan fingerprint density at radius 2 is 1.68 bits per heavy atom. The number of hydrogen-bond donors (Lipinski definition) is 1. The third-order valence-corrected chi connectivity index (χ3v) is 6.00. The molecule has 2 heteroatoms. The minimum Gasteiger partial charge on any atom is -0.380 e. The molecule has 1 N–H and O–H groups in total. The fourth-order valence-electron chi connectivity index (χ4n) is 4.44. The first-order chi connectivity index (χ1) is 13.2. The van der Waals surface area contributed by atoms with Gasteiger partial charge >= 0.3 is 0 Å². The van der Waals surface area contributed by atoms with E-state index in [0.717, 1.165) is 42.5 Å². The van der Waals surface area contributed by atoms with E-state index in [4.69, 9.17) is 0 Å². The van der Waals surface area contributed by atoms with Gasteiger partial charge in [0.15, 0.2) is 0 Å². The van der Waals surface area contributed by atoms with Crippen LogP contribution in [0.25, 0.3) is 6.08 Å². The SMILES string of the molecule is CN(C)CC1CCC/C(=C/c2ccccc2)C1(O)c1ccc(C(C)(C)C)cc1. The van der Waals surface area contributed by atoms with E-state index in [1.54, 1.807) is 0 Å². The van der Waals surface area contributed by atoms with Crippen molar-refractivity contribution in [1.29, 1.82) is 0 Å². The lowest BCUT2D eigenvalue weighted by Crippen LogP contribution is -2.44. The number of hydrogen-bond acceptors (Lipinski definition) is 2. The van der Waals surface area contributed by atoms with Crippen molar-refractivity contribution in [3.05, 3.63) is 76.9 Å². The molecule has 0 bridgehead atoms. The Labute approximate surface area is 170 Å². The lowest BCUT2D eigenvalue weighted by molar-refractivity contribution is -0.0174. The van der Waals surface area contributed by atoms with Gasteiger partial charge in [0.25, 0.3) is 0 Å². The van der Waals surface area contributed by atoms with Gasteiger partial charge in [0.1, 0.15) is 5.60 Å². The van der Waals surface area contributed by atoms with Crippen molar-refractivity contribution in [2.45, 2.75) is 51.0 Å². The van der Waals surface area contributed by atoms with Crippen LogP contribution in [0.2, 0.25) is 0 Å². The molecule has 1 saturated carbocycles. The van der Waals surface area contributed by atoms with Crippen LogP contribution in [0.1, 0.15) is 56.7 Å². The quantitative estimate of drug-likeness (QED) is 0.748. The summed E-state index contributed by atoms with van der Waals surface area (Å²) >= 11 is 0. The summed E-state index contributed by atoms with van der Waals surface area (Å²) in [6.07, 6.45) is 5.32. The van der Waals surface area contributed by atoms with Crippen molar-refractivity contribution in [2.75, 3.05) is 20.6 Å². The number of nitrogens with zero attached hydrogens (tertiary/aromatic N) is 1. The molecular formula is C26H35NO. The van der Waals surface area contributed by atoms with Crippen LogP contribution in [-0.2, 0) is 11.0 Å². The van der Waals surface area contributed by atoms with Crippen LogP contribution in [0.4, 0.5) is 0 Å². The summed E-state index contributed by atoms with van der Waals surface area (Å²) in [7, 11) is 4.19. The molecule has 2 aromatic carbocycles. The van der Waals surface area contributed by atoms with E-state index < -0.39 is 5.60 Å². The first kappa shape index (κ1) is 20.8. The Morgan fingerprint density at radius 1 is 1.04 bits per heavy atom. The third-order valence-electron chi connectivity index (χ3n) is 6.00. The molecule has 1 aliphatic carbocycles. The van der Waals surface area contributed by atoms with E-state index in [0.29, 0.717) is 0 Å². The van der Waals surface area contributed by atoms with Crippen molar-refractivity contribution in [1.82, 2.24) is 4.90 Å². The average molecular weight is 378 g/mol. The minimum atomic E-state index is -0.922. The molecule has 0 amide bonds. The zero-order valence-electron chi connectivity index (χ0n) is 18.1.